The van der Waals surface area contributed by atoms with Crippen LogP contribution in [-0.2, 0) is 14.8 Å². The second-order valence-electron chi connectivity index (χ2n) is 7.71. The molecule has 1 aromatic heterocycles. The minimum absolute atomic E-state index is 0.163. The van der Waals surface area contributed by atoms with E-state index in [1.165, 1.54) is 23.5 Å². The number of nitrogens with one attached hydrogen (secondary N) is 1. The molecular weight excluding hydrogens is 451 g/mol. The van der Waals surface area contributed by atoms with Crippen molar-refractivity contribution in [1.29, 1.82) is 0 Å². The molecule has 164 valence electrons. The van der Waals surface area contributed by atoms with Gasteiger partial charge in [-0.05, 0) is 49.2 Å². The Morgan fingerprint density at radius 3 is 2.75 bits per heavy atom. The van der Waals surface area contributed by atoms with E-state index in [-0.39, 0.29) is 22.5 Å². The third-order valence-corrected chi connectivity index (χ3v) is 7.66. The summed E-state index contributed by atoms with van der Waals surface area (Å²) in [5, 5.41) is 5.15. The number of amidine groups is 1. The molecule has 1 saturated heterocycles. The molecule has 2 aliphatic heterocycles. The van der Waals surface area contributed by atoms with E-state index in [0.717, 1.165) is 12.0 Å². The first kappa shape index (κ1) is 20.8. The molecule has 1 N–H and O–H groups in total. The summed E-state index contributed by atoms with van der Waals surface area (Å²) in [6, 6.07) is 12.8. The number of sulfonamides is 1. The second kappa shape index (κ2) is 8.10. The van der Waals surface area contributed by atoms with Gasteiger partial charge in [0.05, 0.1) is 11.6 Å². The number of nitrogens with zero attached hydrogens (tertiary/aromatic N) is 3. The van der Waals surface area contributed by atoms with Crippen molar-refractivity contribution in [2.24, 2.45) is 10.3 Å². The van der Waals surface area contributed by atoms with E-state index in [1.54, 1.807) is 36.4 Å². The average Bonchev–Trinajstić information content (AvgIpc) is 3.37. The van der Waals surface area contributed by atoms with Crippen LogP contribution in [0, 0.1) is 11.7 Å². The average molecular weight is 471 g/mol. The summed E-state index contributed by atoms with van der Waals surface area (Å²) in [5.41, 5.74) is 2.02. The van der Waals surface area contributed by atoms with E-state index in [1.807, 2.05) is 10.3 Å². The van der Waals surface area contributed by atoms with Gasteiger partial charge in [0.1, 0.15) is 10.7 Å². The first-order valence-electron chi connectivity index (χ1n) is 10.1. The molecule has 1 atom stereocenters. The van der Waals surface area contributed by atoms with Crippen molar-refractivity contribution in [3.05, 3.63) is 65.3 Å². The second-order valence-corrected chi connectivity index (χ2v) is 10.1. The predicted octanol–water partition coefficient (Wildman–Crippen LogP) is 3.75. The monoisotopic (exact) mass is 470 g/mol. The number of benzene rings is 2. The molecule has 0 aliphatic carbocycles. The zero-order chi connectivity index (χ0) is 22.3. The lowest BCUT2D eigenvalue weighted by Crippen LogP contribution is -2.43. The number of fused-ring (bicyclic) bond motifs is 1. The standard InChI is InChI=1S/C22H19FN4O3S2/c23-16-9-7-14(8-10-16)18-13-31-22(24-18)25-21(28)15-4-3-11-27(12-15)20-17-5-1-2-6-19(17)32(29,30)26-20/h1-2,5-10,13,15H,3-4,11-12H2,(H,24,25,28). The molecule has 2 aliphatic rings. The van der Waals surface area contributed by atoms with Crippen molar-refractivity contribution in [1.82, 2.24) is 9.88 Å². The first-order chi connectivity index (χ1) is 15.4. The minimum atomic E-state index is -3.70. The summed E-state index contributed by atoms with van der Waals surface area (Å²) in [6.45, 7) is 1.02. The molecule has 0 spiro atoms. The number of aromatic nitrogens is 1. The highest BCUT2D eigenvalue weighted by atomic mass is 32.2. The number of piperidine rings is 1. The number of anilines is 1. The summed E-state index contributed by atoms with van der Waals surface area (Å²) in [5.74, 6) is -0.392. The Morgan fingerprint density at radius 1 is 1.16 bits per heavy atom. The van der Waals surface area contributed by atoms with Crippen LogP contribution in [0.25, 0.3) is 11.3 Å². The summed E-state index contributed by atoms with van der Waals surface area (Å²) >= 11 is 1.30. The van der Waals surface area contributed by atoms with Crippen LogP contribution < -0.4 is 5.32 Å². The highest BCUT2D eigenvalue weighted by molar-refractivity contribution is 7.90. The van der Waals surface area contributed by atoms with Gasteiger partial charge in [-0.3, -0.25) is 4.79 Å². The molecule has 3 heterocycles. The number of likely N-dealkylation sites (tertiary alicyclic amines) is 1. The largest absolute Gasteiger partial charge is 0.355 e. The smallest absolute Gasteiger partial charge is 0.285 e. The first-order valence-corrected chi connectivity index (χ1v) is 12.4. The molecule has 0 radical (unpaired) electrons. The van der Waals surface area contributed by atoms with E-state index in [9.17, 15) is 17.6 Å². The number of amides is 1. The Balaban J connectivity index is 1.29. The van der Waals surface area contributed by atoms with Crippen LogP contribution in [0.4, 0.5) is 9.52 Å². The normalized spacial score (nSPS) is 19.3. The maximum Gasteiger partial charge on any atom is 0.285 e. The van der Waals surface area contributed by atoms with Gasteiger partial charge in [0.2, 0.25) is 5.91 Å². The van der Waals surface area contributed by atoms with Gasteiger partial charge >= 0.3 is 0 Å². The molecule has 2 aromatic carbocycles. The Bertz CT molecular complexity index is 1320. The van der Waals surface area contributed by atoms with Crippen molar-refractivity contribution >= 4 is 38.2 Å². The molecule has 10 heteroatoms. The lowest BCUT2D eigenvalue weighted by Gasteiger charge is -2.33. The molecule has 0 bridgehead atoms. The number of thiazole rings is 1. The van der Waals surface area contributed by atoms with E-state index in [4.69, 9.17) is 0 Å². The van der Waals surface area contributed by atoms with Gasteiger partial charge in [0.15, 0.2) is 11.0 Å². The van der Waals surface area contributed by atoms with Crippen LogP contribution >= 0.6 is 11.3 Å². The number of rotatable bonds is 3. The number of hydrogen-bond acceptors (Lipinski definition) is 6. The fourth-order valence-electron chi connectivity index (χ4n) is 3.99. The third-order valence-electron chi connectivity index (χ3n) is 5.58. The predicted molar refractivity (Wildman–Crippen MR) is 121 cm³/mol. The van der Waals surface area contributed by atoms with Crippen molar-refractivity contribution in [2.75, 3.05) is 18.4 Å². The van der Waals surface area contributed by atoms with E-state index in [2.05, 4.69) is 14.7 Å². The van der Waals surface area contributed by atoms with Gasteiger partial charge in [-0.1, -0.05) is 12.1 Å². The minimum Gasteiger partial charge on any atom is -0.355 e. The van der Waals surface area contributed by atoms with Gasteiger partial charge in [0.25, 0.3) is 10.0 Å². The number of halogens is 1. The highest BCUT2D eigenvalue weighted by Crippen LogP contribution is 2.30. The fourth-order valence-corrected chi connectivity index (χ4v) is 5.94. The molecule has 1 fully saturated rings. The van der Waals surface area contributed by atoms with E-state index in [0.29, 0.717) is 41.7 Å². The molecule has 5 rings (SSSR count). The number of carbonyl (C=O) groups excluding carboxylic acids is 1. The van der Waals surface area contributed by atoms with E-state index < -0.39 is 10.0 Å². The van der Waals surface area contributed by atoms with Gasteiger partial charge in [-0.25, -0.2) is 9.37 Å². The maximum absolute atomic E-state index is 13.1. The Morgan fingerprint density at radius 2 is 1.94 bits per heavy atom. The summed E-state index contributed by atoms with van der Waals surface area (Å²) in [4.78, 5) is 19.4. The maximum atomic E-state index is 13.1. The van der Waals surface area contributed by atoms with Crippen molar-refractivity contribution in [2.45, 2.75) is 17.7 Å². The molecule has 1 amide bonds. The van der Waals surface area contributed by atoms with Crippen LogP contribution in [0.5, 0.6) is 0 Å². The van der Waals surface area contributed by atoms with Gasteiger partial charge in [0, 0.05) is 29.6 Å². The van der Waals surface area contributed by atoms with E-state index >= 15 is 0 Å². The van der Waals surface area contributed by atoms with Crippen LogP contribution in [-0.4, -0.2) is 43.1 Å². The summed E-state index contributed by atoms with van der Waals surface area (Å²) < 4.78 is 41.9. The zero-order valence-electron chi connectivity index (χ0n) is 16.9. The topological polar surface area (TPSA) is 91.7 Å². The van der Waals surface area contributed by atoms with Crippen molar-refractivity contribution in [3.8, 4) is 11.3 Å². The number of hydrogen-bond donors (Lipinski definition) is 1. The van der Waals surface area contributed by atoms with Gasteiger partial charge < -0.3 is 10.2 Å². The summed E-state index contributed by atoms with van der Waals surface area (Å²) in [6.07, 6.45) is 1.44. The fraction of sp³-hybridized carbons (Fsp3) is 0.227. The van der Waals surface area contributed by atoms with Crippen LogP contribution in [0.3, 0.4) is 0 Å². The van der Waals surface area contributed by atoms with Gasteiger partial charge in [-0.2, -0.15) is 8.42 Å². The lowest BCUT2D eigenvalue weighted by atomic mass is 9.96. The number of carbonyl (C=O) groups is 1. The van der Waals surface area contributed by atoms with Gasteiger partial charge in [-0.15, -0.1) is 15.7 Å². The Kier molecular flexibility index (Phi) is 5.26. The highest BCUT2D eigenvalue weighted by Gasteiger charge is 2.35. The SMILES string of the molecule is O=C(Nc1nc(-c2ccc(F)cc2)cs1)C1CCCN(C2=NS(=O)(=O)c3ccccc32)C1. The van der Waals surface area contributed by atoms with Crippen LogP contribution in [0.15, 0.2) is 63.2 Å². The molecule has 3 aromatic rings. The molecule has 0 saturated carbocycles. The Labute approximate surface area is 188 Å². The van der Waals surface area contributed by atoms with Crippen molar-refractivity contribution in [3.63, 3.8) is 0 Å². The van der Waals surface area contributed by atoms with Crippen molar-refractivity contribution < 1.29 is 17.6 Å². The van der Waals surface area contributed by atoms with Crippen LogP contribution in [0.2, 0.25) is 0 Å². The molecule has 1 unspecified atom stereocenters. The molecule has 32 heavy (non-hydrogen) atoms. The molecular formula is C22H19FN4O3S2. The lowest BCUT2D eigenvalue weighted by molar-refractivity contribution is -0.121. The van der Waals surface area contributed by atoms with Crippen LogP contribution in [0.1, 0.15) is 18.4 Å². The quantitative estimate of drug-likeness (QED) is 0.630. The summed E-state index contributed by atoms with van der Waals surface area (Å²) in [7, 11) is -3.70. The molecule has 7 nitrogen and oxygen atoms in total. The zero-order valence-corrected chi connectivity index (χ0v) is 18.5. The Hall–Kier alpha value is -3.11. The third kappa shape index (κ3) is 3.91.